The summed E-state index contributed by atoms with van der Waals surface area (Å²) in [5.41, 5.74) is 1.30. The van der Waals surface area contributed by atoms with Crippen molar-refractivity contribution in [3.63, 3.8) is 0 Å². The fourth-order valence-electron chi connectivity index (χ4n) is 3.22. The third-order valence-electron chi connectivity index (χ3n) is 4.62. The minimum absolute atomic E-state index is 0.215. The van der Waals surface area contributed by atoms with Gasteiger partial charge in [-0.3, -0.25) is 19.0 Å². The van der Waals surface area contributed by atoms with E-state index in [9.17, 15) is 14.4 Å². The van der Waals surface area contributed by atoms with Gasteiger partial charge >= 0.3 is 0 Å². The van der Waals surface area contributed by atoms with E-state index in [0.717, 1.165) is 0 Å². The minimum Gasteiger partial charge on any atom is -0.344 e. The van der Waals surface area contributed by atoms with Crippen molar-refractivity contribution in [3.8, 4) is 5.69 Å². The van der Waals surface area contributed by atoms with Crippen molar-refractivity contribution in [1.82, 2.24) is 9.47 Å². The number of benzene rings is 2. The Kier molecular flexibility index (Phi) is 4.86. The van der Waals surface area contributed by atoms with Crippen LogP contribution in [-0.2, 0) is 0 Å². The van der Waals surface area contributed by atoms with E-state index < -0.39 is 0 Å². The summed E-state index contributed by atoms with van der Waals surface area (Å²) in [5.74, 6) is -0.502. The molecule has 144 valence electrons. The predicted octanol–water partition coefficient (Wildman–Crippen LogP) is 3.99. The van der Waals surface area contributed by atoms with Crippen LogP contribution in [0.2, 0.25) is 0 Å². The Morgan fingerprint density at radius 2 is 1.48 bits per heavy atom. The number of carbonyl (C=O) groups excluding carboxylic acids is 2. The normalized spacial score (nSPS) is 10.8. The van der Waals surface area contributed by atoms with Crippen LogP contribution in [0.5, 0.6) is 0 Å². The highest BCUT2D eigenvalue weighted by Crippen LogP contribution is 2.34. The number of nitrogens with zero attached hydrogens (tertiary/aromatic N) is 2. The molecule has 29 heavy (non-hydrogen) atoms. The molecule has 2 aromatic carbocycles. The maximum absolute atomic E-state index is 13.4. The van der Waals surface area contributed by atoms with Gasteiger partial charge in [-0.15, -0.1) is 11.3 Å². The van der Waals surface area contributed by atoms with Gasteiger partial charge in [0, 0.05) is 31.1 Å². The molecule has 0 spiro atoms. The number of aromatic nitrogens is 1. The lowest BCUT2D eigenvalue weighted by Crippen LogP contribution is -2.22. The van der Waals surface area contributed by atoms with E-state index in [1.807, 2.05) is 36.4 Å². The summed E-state index contributed by atoms with van der Waals surface area (Å²) in [6, 6.07) is 21.1. The number of thiophene rings is 1. The molecule has 0 saturated carbocycles. The lowest BCUT2D eigenvalue weighted by molar-refractivity contribution is 0.0827. The molecule has 6 heteroatoms. The Labute approximate surface area is 171 Å². The van der Waals surface area contributed by atoms with Gasteiger partial charge in [-0.05, 0) is 18.2 Å². The van der Waals surface area contributed by atoms with Gasteiger partial charge in [0.15, 0.2) is 5.78 Å². The second-order valence-corrected chi connectivity index (χ2v) is 7.76. The molecule has 4 aromatic rings. The molecule has 0 bridgehead atoms. The number of amides is 1. The number of rotatable bonds is 4. The molecule has 2 aromatic heterocycles. The van der Waals surface area contributed by atoms with Crippen LogP contribution in [0.15, 0.2) is 77.6 Å². The maximum atomic E-state index is 13.4. The number of para-hydroxylation sites is 1. The molecule has 4 rings (SSSR count). The molecule has 5 nitrogen and oxygen atoms in total. The first-order chi connectivity index (χ1) is 14.0. The quantitative estimate of drug-likeness (QED) is 0.485. The molecule has 1 amide bonds. The Balaban J connectivity index is 2.06. The third kappa shape index (κ3) is 3.28. The van der Waals surface area contributed by atoms with Crippen LogP contribution < -0.4 is 5.56 Å². The topological polar surface area (TPSA) is 59.4 Å². The van der Waals surface area contributed by atoms with Crippen molar-refractivity contribution in [2.45, 2.75) is 0 Å². The molecule has 0 N–H and O–H groups in total. The van der Waals surface area contributed by atoms with Crippen molar-refractivity contribution < 1.29 is 9.59 Å². The maximum Gasteiger partial charge on any atom is 0.264 e. The monoisotopic (exact) mass is 402 g/mol. The number of carbonyl (C=O) groups is 2. The molecule has 0 saturated heterocycles. The van der Waals surface area contributed by atoms with Crippen molar-refractivity contribution in [3.05, 3.63) is 99.2 Å². The number of pyridine rings is 1. The molecule has 0 aliphatic carbocycles. The van der Waals surface area contributed by atoms with Gasteiger partial charge in [-0.1, -0.05) is 48.5 Å². The summed E-state index contributed by atoms with van der Waals surface area (Å²) in [6.45, 7) is 0. The highest BCUT2D eigenvalue weighted by molar-refractivity contribution is 7.21. The smallest absolute Gasteiger partial charge is 0.264 e. The zero-order valence-corrected chi connectivity index (χ0v) is 16.8. The zero-order valence-electron chi connectivity index (χ0n) is 16.0. The van der Waals surface area contributed by atoms with Crippen molar-refractivity contribution in [1.29, 1.82) is 0 Å². The van der Waals surface area contributed by atoms with Crippen LogP contribution >= 0.6 is 11.3 Å². The van der Waals surface area contributed by atoms with E-state index >= 15 is 0 Å². The van der Waals surface area contributed by atoms with E-state index in [4.69, 9.17) is 0 Å². The minimum atomic E-state index is -0.266. The highest BCUT2D eigenvalue weighted by Gasteiger charge is 2.27. The Hall–Kier alpha value is -3.51. The van der Waals surface area contributed by atoms with Gasteiger partial charge in [-0.2, -0.15) is 0 Å². The van der Waals surface area contributed by atoms with Crippen LogP contribution in [0, 0.1) is 0 Å². The summed E-state index contributed by atoms with van der Waals surface area (Å²) in [6.07, 6.45) is 0. The molecule has 0 unspecified atom stereocenters. The van der Waals surface area contributed by atoms with Crippen molar-refractivity contribution in [2.24, 2.45) is 0 Å². The summed E-state index contributed by atoms with van der Waals surface area (Å²) >= 11 is 1.17. The molecule has 0 aliphatic rings. The average Bonchev–Trinajstić information content (AvgIpc) is 3.13. The van der Waals surface area contributed by atoms with Crippen LogP contribution in [0.1, 0.15) is 25.6 Å². The first-order valence-corrected chi connectivity index (χ1v) is 9.86. The second kappa shape index (κ2) is 7.48. The molecule has 2 heterocycles. The Morgan fingerprint density at radius 1 is 0.862 bits per heavy atom. The van der Waals surface area contributed by atoms with Crippen LogP contribution in [0.3, 0.4) is 0 Å². The Bertz CT molecular complexity index is 1270. The van der Waals surface area contributed by atoms with Gasteiger partial charge in [-0.25, -0.2) is 0 Å². The van der Waals surface area contributed by atoms with Gasteiger partial charge in [0.05, 0.1) is 11.3 Å². The molecule has 0 radical (unpaired) electrons. The molecular formula is C23H18N2O3S. The van der Waals surface area contributed by atoms with Crippen molar-refractivity contribution >= 4 is 33.2 Å². The van der Waals surface area contributed by atoms with Gasteiger partial charge in [0.1, 0.15) is 9.71 Å². The molecular weight excluding hydrogens is 384 g/mol. The second-order valence-electron chi connectivity index (χ2n) is 6.76. The van der Waals surface area contributed by atoms with E-state index in [1.165, 1.54) is 22.3 Å². The molecule has 0 atom stereocenters. The summed E-state index contributed by atoms with van der Waals surface area (Å²) in [7, 11) is 3.29. The van der Waals surface area contributed by atoms with E-state index in [-0.39, 0.29) is 17.2 Å². The van der Waals surface area contributed by atoms with Gasteiger partial charge in [0.2, 0.25) is 0 Å². The number of ketones is 1. The summed E-state index contributed by atoms with van der Waals surface area (Å²) in [4.78, 5) is 41.3. The van der Waals surface area contributed by atoms with Crippen LogP contribution in [-0.4, -0.2) is 35.3 Å². The Morgan fingerprint density at radius 3 is 2.10 bits per heavy atom. The number of hydrogen-bond donors (Lipinski definition) is 0. The first-order valence-electron chi connectivity index (χ1n) is 9.04. The van der Waals surface area contributed by atoms with Crippen LogP contribution in [0.25, 0.3) is 15.9 Å². The summed E-state index contributed by atoms with van der Waals surface area (Å²) in [5, 5.41) is 0.595. The average molecular weight is 402 g/mol. The van der Waals surface area contributed by atoms with Crippen LogP contribution in [0.4, 0.5) is 0 Å². The fraction of sp³-hybridized carbons (Fsp3) is 0.0870. The molecule has 0 aliphatic heterocycles. The lowest BCUT2D eigenvalue weighted by Gasteiger charge is -2.10. The van der Waals surface area contributed by atoms with E-state index in [1.54, 1.807) is 49.0 Å². The van der Waals surface area contributed by atoms with E-state index in [0.29, 0.717) is 31.9 Å². The van der Waals surface area contributed by atoms with Gasteiger partial charge < -0.3 is 4.90 Å². The lowest BCUT2D eigenvalue weighted by atomic mass is 10.0. The largest absolute Gasteiger partial charge is 0.344 e. The van der Waals surface area contributed by atoms with Crippen molar-refractivity contribution in [2.75, 3.05) is 14.1 Å². The third-order valence-corrected chi connectivity index (χ3v) is 5.80. The number of fused-ring (bicyclic) bond motifs is 1. The predicted molar refractivity (Wildman–Crippen MR) is 115 cm³/mol. The summed E-state index contributed by atoms with van der Waals surface area (Å²) < 4.78 is 1.55. The number of hydrogen-bond acceptors (Lipinski definition) is 4. The zero-order chi connectivity index (χ0) is 20.5. The first kappa shape index (κ1) is 18.8. The standard InChI is InChI=1S/C23H18N2O3S/c1-24(2)22(28)21-19(20(27)15-9-5-3-6-10-15)17-13-14-18(26)25(23(17)29-21)16-11-7-4-8-12-16/h3-14H,1-2H3. The van der Waals surface area contributed by atoms with Gasteiger partial charge in [0.25, 0.3) is 11.5 Å². The highest BCUT2D eigenvalue weighted by atomic mass is 32.1. The fourth-order valence-corrected chi connectivity index (χ4v) is 4.55. The molecule has 0 fully saturated rings. The van der Waals surface area contributed by atoms with E-state index in [2.05, 4.69) is 0 Å². The SMILES string of the molecule is CN(C)C(=O)c1sc2c(ccc(=O)n2-c2ccccc2)c1C(=O)c1ccccc1.